The largest absolute Gasteiger partial charge is 0.495 e. The Kier molecular flexibility index (Phi) is 6.00. The molecule has 28 heavy (non-hydrogen) atoms. The number of hydrogen-bond acceptors (Lipinski definition) is 6. The highest BCUT2D eigenvalue weighted by Crippen LogP contribution is 2.35. The summed E-state index contributed by atoms with van der Waals surface area (Å²) in [6, 6.07) is 6.73. The number of aromatic hydroxyl groups is 1. The van der Waals surface area contributed by atoms with Gasteiger partial charge in [-0.3, -0.25) is 9.36 Å². The van der Waals surface area contributed by atoms with Crippen molar-refractivity contribution in [1.29, 1.82) is 5.26 Å². The lowest BCUT2D eigenvalue weighted by Gasteiger charge is -2.25. The van der Waals surface area contributed by atoms with Gasteiger partial charge in [0.1, 0.15) is 17.4 Å². The lowest BCUT2D eigenvalue weighted by Crippen LogP contribution is -2.27. The summed E-state index contributed by atoms with van der Waals surface area (Å²) in [5.74, 6) is 0.219. The molecule has 0 saturated heterocycles. The van der Waals surface area contributed by atoms with Crippen LogP contribution < -0.4 is 10.3 Å². The quantitative estimate of drug-likeness (QED) is 0.702. The van der Waals surface area contributed by atoms with Gasteiger partial charge in [0.25, 0.3) is 5.56 Å². The average molecular weight is 401 g/mol. The molecule has 1 aromatic carbocycles. The number of azo groups is 1. The van der Waals surface area contributed by atoms with Gasteiger partial charge in [0.05, 0.1) is 17.8 Å². The number of hydrogen-bond donors (Lipinski definition) is 1. The second kappa shape index (κ2) is 8.44. The minimum absolute atomic E-state index is 0.0480. The van der Waals surface area contributed by atoms with Crippen molar-refractivity contribution in [3.63, 3.8) is 0 Å². The second-order valence-electron chi connectivity index (χ2n) is 6.77. The number of nitriles is 1. The van der Waals surface area contributed by atoms with Crippen molar-refractivity contribution < 1.29 is 9.84 Å². The van der Waals surface area contributed by atoms with E-state index < -0.39 is 5.56 Å². The molecule has 0 radical (unpaired) electrons. The maximum atomic E-state index is 13.1. The van der Waals surface area contributed by atoms with Gasteiger partial charge in [-0.05, 0) is 38.0 Å². The summed E-state index contributed by atoms with van der Waals surface area (Å²) in [6.07, 6.45) is 4.63. The van der Waals surface area contributed by atoms with Gasteiger partial charge in [-0.15, -0.1) is 5.11 Å². The Hall–Kier alpha value is -2.85. The zero-order valence-corrected chi connectivity index (χ0v) is 16.5. The maximum absolute atomic E-state index is 13.1. The molecule has 0 atom stereocenters. The standard InChI is InChI=1S/C20H21ClN4O3/c1-12-15(11-22)19(26)25(14-6-4-3-5-7-14)20(27)18(12)24-23-13-8-9-17(28-2)16(21)10-13/h8-10,14,26H,3-7H2,1-2H3. The molecule has 1 aliphatic carbocycles. The number of halogens is 1. The highest BCUT2D eigenvalue weighted by atomic mass is 35.5. The third-order valence-electron chi connectivity index (χ3n) is 5.06. The third kappa shape index (κ3) is 3.73. The third-order valence-corrected chi connectivity index (χ3v) is 5.35. The molecule has 0 aliphatic heterocycles. The molecular formula is C20H21ClN4O3. The molecule has 1 aliphatic rings. The zero-order valence-electron chi connectivity index (χ0n) is 15.8. The van der Waals surface area contributed by atoms with Gasteiger partial charge < -0.3 is 9.84 Å². The SMILES string of the molecule is COc1ccc(N=Nc2c(C)c(C#N)c(O)n(C3CCCCC3)c2=O)cc1Cl. The molecule has 1 saturated carbocycles. The van der Waals surface area contributed by atoms with E-state index in [0.717, 1.165) is 32.1 Å². The summed E-state index contributed by atoms with van der Waals surface area (Å²) in [5.41, 5.74) is 0.406. The van der Waals surface area contributed by atoms with Crippen LogP contribution in [0.25, 0.3) is 0 Å². The minimum Gasteiger partial charge on any atom is -0.495 e. The Balaban J connectivity index is 2.08. The van der Waals surface area contributed by atoms with E-state index in [1.165, 1.54) is 11.7 Å². The first kappa shape index (κ1) is 19.9. The van der Waals surface area contributed by atoms with Crippen LogP contribution >= 0.6 is 11.6 Å². The number of aromatic nitrogens is 1. The summed E-state index contributed by atoms with van der Waals surface area (Å²) in [6.45, 7) is 1.58. The Bertz CT molecular complexity index is 1020. The van der Waals surface area contributed by atoms with Crippen LogP contribution in [0.4, 0.5) is 11.4 Å². The van der Waals surface area contributed by atoms with Gasteiger partial charge in [-0.1, -0.05) is 30.9 Å². The molecule has 0 bridgehead atoms. The van der Waals surface area contributed by atoms with Crippen molar-refractivity contribution in [2.45, 2.75) is 45.1 Å². The van der Waals surface area contributed by atoms with Gasteiger partial charge in [0, 0.05) is 11.6 Å². The smallest absolute Gasteiger partial charge is 0.281 e. The van der Waals surface area contributed by atoms with Crippen molar-refractivity contribution in [3.05, 3.63) is 44.7 Å². The molecule has 0 spiro atoms. The van der Waals surface area contributed by atoms with Crippen LogP contribution in [0.15, 0.2) is 33.2 Å². The van der Waals surface area contributed by atoms with Crippen LogP contribution in [0, 0.1) is 18.3 Å². The maximum Gasteiger partial charge on any atom is 0.281 e. The molecule has 8 heteroatoms. The highest BCUT2D eigenvalue weighted by molar-refractivity contribution is 6.32. The molecule has 3 rings (SSSR count). The van der Waals surface area contributed by atoms with Crippen LogP contribution in [0.1, 0.15) is 49.3 Å². The van der Waals surface area contributed by atoms with Crippen molar-refractivity contribution in [2.24, 2.45) is 10.2 Å². The van der Waals surface area contributed by atoms with E-state index in [-0.39, 0.29) is 23.2 Å². The highest BCUT2D eigenvalue weighted by Gasteiger charge is 2.25. The fraction of sp³-hybridized carbons (Fsp3) is 0.400. The van der Waals surface area contributed by atoms with Crippen molar-refractivity contribution in [1.82, 2.24) is 4.57 Å². The van der Waals surface area contributed by atoms with E-state index >= 15 is 0 Å². The molecule has 0 amide bonds. The number of nitrogens with zero attached hydrogens (tertiary/aromatic N) is 4. The summed E-state index contributed by atoms with van der Waals surface area (Å²) in [7, 11) is 1.51. The lowest BCUT2D eigenvalue weighted by atomic mass is 9.94. The van der Waals surface area contributed by atoms with E-state index in [4.69, 9.17) is 16.3 Å². The van der Waals surface area contributed by atoms with Crippen LogP contribution in [-0.2, 0) is 0 Å². The van der Waals surface area contributed by atoms with Gasteiger partial charge in [0.15, 0.2) is 5.69 Å². The predicted molar refractivity (Wildman–Crippen MR) is 106 cm³/mol. The van der Waals surface area contributed by atoms with E-state index in [1.54, 1.807) is 25.1 Å². The summed E-state index contributed by atoms with van der Waals surface area (Å²) in [5, 5.41) is 28.6. The minimum atomic E-state index is -0.441. The Labute approximate surface area is 167 Å². The first-order valence-electron chi connectivity index (χ1n) is 9.11. The van der Waals surface area contributed by atoms with Crippen molar-refractivity contribution >= 4 is 23.0 Å². The monoisotopic (exact) mass is 400 g/mol. The van der Waals surface area contributed by atoms with E-state index in [2.05, 4.69) is 10.2 Å². The molecule has 146 valence electrons. The van der Waals surface area contributed by atoms with Crippen LogP contribution in [-0.4, -0.2) is 16.8 Å². The van der Waals surface area contributed by atoms with E-state index in [9.17, 15) is 15.2 Å². The van der Waals surface area contributed by atoms with Crippen LogP contribution in [0.2, 0.25) is 5.02 Å². The van der Waals surface area contributed by atoms with Gasteiger partial charge in [0.2, 0.25) is 5.88 Å². The Morgan fingerprint density at radius 2 is 2.00 bits per heavy atom. The number of methoxy groups -OCH3 is 1. The molecule has 1 fully saturated rings. The summed E-state index contributed by atoms with van der Waals surface area (Å²) in [4.78, 5) is 13.1. The molecule has 1 aromatic heterocycles. The molecular weight excluding hydrogens is 380 g/mol. The fourth-order valence-electron chi connectivity index (χ4n) is 3.53. The topological polar surface area (TPSA) is 100.0 Å². The van der Waals surface area contributed by atoms with E-state index in [1.807, 2.05) is 6.07 Å². The van der Waals surface area contributed by atoms with E-state index in [0.29, 0.717) is 22.0 Å². The molecule has 2 aromatic rings. The average Bonchev–Trinajstić information content (AvgIpc) is 2.69. The molecule has 7 nitrogen and oxygen atoms in total. The van der Waals surface area contributed by atoms with Gasteiger partial charge in [-0.25, -0.2) is 0 Å². The first-order valence-corrected chi connectivity index (χ1v) is 9.49. The first-order chi connectivity index (χ1) is 13.5. The summed E-state index contributed by atoms with van der Waals surface area (Å²) >= 11 is 6.10. The molecule has 1 N–H and O–H groups in total. The van der Waals surface area contributed by atoms with Crippen molar-refractivity contribution in [3.8, 4) is 17.7 Å². The van der Waals surface area contributed by atoms with Crippen LogP contribution in [0.5, 0.6) is 11.6 Å². The fourth-order valence-corrected chi connectivity index (χ4v) is 3.78. The summed E-state index contributed by atoms with van der Waals surface area (Å²) < 4.78 is 6.41. The lowest BCUT2D eigenvalue weighted by molar-refractivity contribution is 0.303. The number of ether oxygens (including phenoxy) is 1. The van der Waals surface area contributed by atoms with Crippen LogP contribution in [0.3, 0.4) is 0 Å². The van der Waals surface area contributed by atoms with Crippen molar-refractivity contribution in [2.75, 3.05) is 7.11 Å². The number of benzene rings is 1. The molecule has 1 heterocycles. The second-order valence-corrected chi connectivity index (χ2v) is 7.18. The van der Waals surface area contributed by atoms with Gasteiger partial charge >= 0.3 is 0 Å². The van der Waals surface area contributed by atoms with Gasteiger partial charge in [-0.2, -0.15) is 10.4 Å². The predicted octanol–water partition coefficient (Wildman–Crippen LogP) is 5.32. The number of rotatable bonds is 4. The zero-order chi connectivity index (χ0) is 20.3. The Morgan fingerprint density at radius 1 is 1.29 bits per heavy atom. The Morgan fingerprint density at radius 3 is 2.61 bits per heavy atom. The molecule has 0 unspecified atom stereocenters. The number of pyridine rings is 1. The normalized spacial score (nSPS) is 14.9.